The van der Waals surface area contributed by atoms with Crippen molar-refractivity contribution in [3.05, 3.63) is 76.1 Å². The molecule has 0 radical (unpaired) electrons. The maximum absolute atomic E-state index is 12.4. The Labute approximate surface area is 157 Å². The lowest BCUT2D eigenvalue weighted by Gasteiger charge is -2.10. The number of amides is 1. The van der Waals surface area contributed by atoms with E-state index in [0.29, 0.717) is 11.4 Å². The maximum Gasteiger partial charge on any atom is 0.267 e. The highest BCUT2D eigenvalue weighted by Crippen LogP contribution is 2.19. The highest BCUT2D eigenvalue weighted by Gasteiger charge is 2.09. The molecule has 6 nitrogen and oxygen atoms in total. The Morgan fingerprint density at radius 3 is 2.33 bits per heavy atom. The first-order chi connectivity index (χ1) is 12.9. The molecule has 0 spiro atoms. The van der Waals surface area contributed by atoms with E-state index in [1.165, 1.54) is 6.07 Å². The summed E-state index contributed by atoms with van der Waals surface area (Å²) in [6.07, 6.45) is 0. The number of aromatic nitrogens is 2. The molecule has 0 aliphatic carbocycles. The molecule has 27 heavy (non-hydrogen) atoms. The number of hydrogen-bond acceptors (Lipinski definition) is 4. The van der Waals surface area contributed by atoms with Crippen molar-refractivity contribution in [1.29, 1.82) is 0 Å². The SMILES string of the molecule is COc1ccc(-c2ccc(=O)n(CC(=O)Nc3cc(C)cc(C)c3)n2)cc1. The van der Waals surface area contributed by atoms with Crippen molar-refractivity contribution in [3.8, 4) is 17.0 Å². The number of rotatable bonds is 5. The van der Waals surface area contributed by atoms with Crippen LogP contribution in [-0.2, 0) is 11.3 Å². The minimum atomic E-state index is -0.331. The number of benzene rings is 2. The van der Waals surface area contributed by atoms with E-state index in [1.54, 1.807) is 13.2 Å². The summed E-state index contributed by atoms with van der Waals surface area (Å²) in [7, 11) is 1.60. The predicted molar refractivity (Wildman–Crippen MR) is 105 cm³/mol. The van der Waals surface area contributed by atoms with Gasteiger partial charge in [0.25, 0.3) is 5.56 Å². The van der Waals surface area contributed by atoms with E-state index in [0.717, 1.165) is 27.1 Å². The van der Waals surface area contributed by atoms with Gasteiger partial charge in [0, 0.05) is 17.3 Å². The normalized spacial score (nSPS) is 10.5. The zero-order valence-electron chi connectivity index (χ0n) is 15.5. The Kier molecular flexibility index (Phi) is 5.35. The number of methoxy groups -OCH3 is 1. The van der Waals surface area contributed by atoms with Crippen molar-refractivity contribution in [1.82, 2.24) is 9.78 Å². The number of hydrogen-bond donors (Lipinski definition) is 1. The number of carbonyl (C=O) groups is 1. The molecule has 0 aliphatic rings. The molecule has 0 fully saturated rings. The molecule has 138 valence electrons. The third-order valence-electron chi connectivity index (χ3n) is 4.05. The summed E-state index contributed by atoms with van der Waals surface area (Å²) in [6.45, 7) is 3.77. The molecular formula is C21H21N3O3. The molecule has 1 amide bonds. The van der Waals surface area contributed by atoms with Gasteiger partial charge < -0.3 is 10.1 Å². The molecule has 0 saturated heterocycles. The standard InChI is InChI=1S/C21H21N3O3/c1-14-10-15(2)12-17(11-14)22-20(25)13-24-21(26)9-8-19(23-24)16-4-6-18(27-3)7-5-16/h4-12H,13H2,1-3H3,(H,22,25). The second-order valence-corrected chi connectivity index (χ2v) is 6.37. The van der Waals surface area contributed by atoms with Crippen LogP contribution in [0.25, 0.3) is 11.3 Å². The van der Waals surface area contributed by atoms with Crippen LogP contribution in [-0.4, -0.2) is 22.8 Å². The summed E-state index contributed by atoms with van der Waals surface area (Å²) in [4.78, 5) is 24.5. The van der Waals surface area contributed by atoms with Crippen LogP contribution in [0.4, 0.5) is 5.69 Å². The van der Waals surface area contributed by atoms with Crippen LogP contribution >= 0.6 is 0 Å². The first-order valence-electron chi connectivity index (χ1n) is 8.55. The van der Waals surface area contributed by atoms with E-state index in [-0.39, 0.29) is 18.0 Å². The van der Waals surface area contributed by atoms with Crippen molar-refractivity contribution in [3.63, 3.8) is 0 Å². The van der Waals surface area contributed by atoms with Crippen LogP contribution in [0, 0.1) is 13.8 Å². The van der Waals surface area contributed by atoms with Gasteiger partial charge in [0.15, 0.2) is 0 Å². The number of anilines is 1. The molecule has 1 N–H and O–H groups in total. The highest BCUT2D eigenvalue weighted by molar-refractivity contribution is 5.90. The number of aryl methyl sites for hydroxylation is 2. The fourth-order valence-electron chi connectivity index (χ4n) is 2.86. The summed E-state index contributed by atoms with van der Waals surface area (Å²) in [5.41, 5.74) is 3.93. The first-order valence-corrected chi connectivity index (χ1v) is 8.55. The smallest absolute Gasteiger partial charge is 0.267 e. The molecule has 2 aromatic carbocycles. The number of ether oxygens (including phenoxy) is 1. The lowest BCUT2D eigenvalue weighted by Crippen LogP contribution is -2.29. The fourth-order valence-corrected chi connectivity index (χ4v) is 2.86. The van der Waals surface area contributed by atoms with Gasteiger partial charge in [-0.05, 0) is 67.4 Å². The van der Waals surface area contributed by atoms with Crippen LogP contribution in [0.5, 0.6) is 5.75 Å². The number of nitrogens with one attached hydrogen (secondary N) is 1. The van der Waals surface area contributed by atoms with Crippen LogP contribution < -0.4 is 15.6 Å². The average Bonchev–Trinajstić information content (AvgIpc) is 2.62. The van der Waals surface area contributed by atoms with Gasteiger partial charge in [-0.2, -0.15) is 5.10 Å². The summed E-state index contributed by atoms with van der Waals surface area (Å²) in [6, 6.07) is 16.2. The summed E-state index contributed by atoms with van der Waals surface area (Å²) in [5.74, 6) is 0.432. The third-order valence-corrected chi connectivity index (χ3v) is 4.05. The molecule has 0 aliphatic heterocycles. The minimum absolute atomic E-state index is 0.157. The van der Waals surface area contributed by atoms with Crippen molar-refractivity contribution >= 4 is 11.6 Å². The third kappa shape index (κ3) is 4.61. The van der Waals surface area contributed by atoms with Gasteiger partial charge in [0.05, 0.1) is 12.8 Å². The van der Waals surface area contributed by atoms with Crippen molar-refractivity contribution in [2.75, 3.05) is 12.4 Å². The highest BCUT2D eigenvalue weighted by atomic mass is 16.5. The second kappa shape index (κ2) is 7.86. The second-order valence-electron chi connectivity index (χ2n) is 6.37. The summed E-state index contributed by atoms with van der Waals surface area (Å²) < 4.78 is 6.31. The molecule has 1 heterocycles. The number of carbonyl (C=O) groups excluding carboxylic acids is 1. The van der Waals surface area contributed by atoms with Crippen molar-refractivity contribution in [2.45, 2.75) is 20.4 Å². The Balaban J connectivity index is 1.79. The average molecular weight is 363 g/mol. The van der Waals surface area contributed by atoms with Gasteiger partial charge in [0.2, 0.25) is 5.91 Å². The van der Waals surface area contributed by atoms with Crippen molar-refractivity contribution in [2.24, 2.45) is 0 Å². The quantitative estimate of drug-likeness (QED) is 0.756. The van der Waals surface area contributed by atoms with E-state index in [9.17, 15) is 9.59 Å². The molecule has 0 unspecified atom stereocenters. The van der Waals surface area contributed by atoms with E-state index < -0.39 is 0 Å². The molecular weight excluding hydrogens is 342 g/mol. The molecule has 0 atom stereocenters. The lowest BCUT2D eigenvalue weighted by atomic mass is 10.1. The van der Waals surface area contributed by atoms with Gasteiger partial charge in [0.1, 0.15) is 12.3 Å². The van der Waals surface area contributed by atoms with E-state index >= 15 is 0 Å². The lowest BCUT2D eigenvalue weighted by molar-refractivity contribution is -0.117. The zero-order valence-corrected chi connectivity index (χ0v) is 15.5. The molecule has 6 heteroatoms. The summed E-state index contributed by atoms with van der Waals surface area (Å²) >= 11 is 0. The molecule has 3 rings (SSSR count). The Bertz CT molecular complexity index is 1000. The van der Waals surface area contributed by atoms with Gasteiger partial charge in [-0.15, -0.1) is 0 Å². The van der Waals surface area contributed by atoms with Gasteiger partial charge in [-0.25, -0.2) is 4.68 Å². The van der Waals surface area contributed by atoms with E-state index in [4.69, 9.17) is 4.74 Å². The first kappa shape index (κ1) is 18.4. The van der Waals surface area contributed by atoms with Gasteiger partial charge in [-0.3, -0.25) is 9.59 Å². The van der Waals surface area contributed by atoms with Crippen LogP contribution in [0.1, 0.15) is 11.1 Å². The molecule has 0 bridgehead atoms. The van der Waals surface area contributed by atoms with Crippen molar-refractivity contribution < 1.29 is 9.53 Å². The van der Waals surface area contributed by atoms with Gasteiger partial charge >= 0.3 is 0 Å². The van der Waals surface area contributed by atoms with Crippen LogP contribution in [0.2, 0.25) is 0 Å². The van der Waals surface area contributed by atoms with Gasteiger partial charge in [-0.1, -0.05) is 6.07 Å². The number of nitrogens with zero attached hydrogens (tertiary/aromatic N) is 2. The Morgan fingerprint density at radius 1 is 1.04 bits per heavy atom. The Hall–Kier alpha value is -3.41. The zero-order chi connectivity index (χ0) is 19.4. The molecule has 1 aromatic heterocycles. The van der Waals surface area contributed by atoms with E-state index in [1.807, 2.05) is 56.3 Å². The predicted octanol–water partition coefficient (Wildman–Crippen LogP) is 3.17. The minimum Gasteiger partial charge on any atom is -0.497 e. The maximum atomic E-state index is 12.4. The molecule has 0 saturated carbocycles. The molecule has 3 aromatic rings. The van der Waals surface area contributed by atoms with E-state index in [2.05, 4.69) is 10.4 Å². The van der Waals surface area contributed by atoms with Crippen LogP contribution in [0.15, 0.2) is 59.4 Å². The largest absolute Gasteiger partial charge is 0.497 e. The fraction of sp³-hybridized carbons (Fsp3) is 0.190. The topological polar surface area (TPSA) is 73.2 Å². The summed E-state index contributed by atoms with van der Waals surface area (Å²) in [5, 5.41) is 7.14. The van der Waals surface area contributed by atoms with Crippen LogP contribution in [0.3, 0.4) is 0 Å². The Morgan fingerprint density at radius 2 is 1.70 bits per heavy atom. The monoisotopic (exact) mass is 363 g/mol.